The van der Waals surface area contributed by atoms with Gasteiger partial charge in [-0.25, -0.2) is 9.78 Å². The molecular weight excluding hydrogens is 304 g/mol. The summed E-state index contributed by atoms with van der Waals surface area (Å²) < 4.78 is 6.16. The van der Waals surface area contributed by atoms with E-state index in [1.165, 1.54) is 11.3 Å². The minimum Gasteiger partial charge on any atom is -0.467 e. The molecule has 3 aromatic rings. The van der Waals surface area contributed by atoms with Gasteiger partial charge in [0, 0.05) is 17.1 Å². The summed E-state index contributed by atoms with van der Waals surface area (Å²) in [4.78, 5) is 16.7. The Kier molecular flexibility index (Phi) is 3.93. The molecule has 2 heterocycles. The van der Waals surface area contributed by atoms with E-state index in [0.29, 0.717) is 16.3 Å². The van der Waals surface area contributed by atoms with Crippen LogP contribution in [-0.4, -0.2) is 38.8 Å². The van der Waals surface area contributed by atoms with E-state index in [2.05, 4.69) is 9.72 Å². The van der Waals surface area contributed by atoms with Gasteiger partial charge in [-0.1, -0.05) is 30.3 Å². The number of carbonyl (C=O) groups is 1. The molecule has 7 heteroatoms. The predicted octanol–water partition coefficient (Wildman–Crippen LogP) is 1.63. The van der Waals surface area contributed by atoms with Gasteiger partial charge in [-0.15, -0.1) is 11.3 Å². The molecule has 6 nitrogen and oxygen atoms in total. The van der Waals surface area contributed by atoms with Crippen LogP contribution in [0.25, 0.3) is 16.2 Å². The zero-order valence-electron chi connectivity index (χ0n) is 11.7. The molecule has 22 heavy (non-hydrogen) atoms. The summed E-state index contributed by atoms with van der Waals surface area (Å²) in [6.45, 7) is 0. The normalized spacial score (nSPS) is 14.0. The second-order valence-electron chi connectivity index (χ2n) is 4.68. The van der Waals surface area contributed by atoms with Crippen molar-refractivity contribution in [3.05, 3.63) is 47.6 Å². The van der Waals surface area contributed by atoms with Crippen LogP contribution in [0.3, 0.4) is 0 Å². The lowest BCUT2D eigenvalue weighted by atomic mass is 10.0. The van der Waals surface area contributed by atoms with Gasteiger partial charge >= 0.3 is 5.97 Å². The molecule has 2 N–H and O–H groups in total. The first kappa shape index (κ1) is 14.7. The van der Waals surface area contributed by atoms with Crippen molar-refractivity contribution in [2.75, 3.05) is 7.11 Å². The van der Waals surface area contributed by atoms with Crippen molar-refractivity contribution in [3.63, 3.8) is 0 Å². The number of hydrogen-bond donors (Lipinski definition) is 2. The lowest BCUT2D eigenvalue weighted by Gasteiger charge is -2.16. The van der Waals surface area contributed by atoms with E-state index < -0.39 is 18.2 Å². The number of aliphatic hydroxyl groups excluding tert-OH is 2. The topological polar surface area (TPSA) is 84.1 Å². The Balaban J connectivity index is 2.14. The summed E-state index contributed by atoms with van der Waals surface area (Å²) in [7, 11) is 1.16. The summed E-state index contributed by atoms with van der Waals surface area (Å²) in [6.07, 6.45) is -1.37. The lowest BCUT2D eigenvalue weighted by Crippen LogP contribution is -2.30. The van der Waals surface area contributed by atoms with Crippen molar-refractivity contribution in [3.8, 4) is 11.3 Å². The van der Waals surface area contributed by atoms with Gasteiger partial charge in [0.15, 0.2) is 11.1 Å². The van der Waals surface area contributed by atoms with Gasteiger partial charge < -0.3 is 14.9 Å². The van der Waals surface area contributed by atoms with Gasteiger partial charge in [0.25, 0.3) is 0 Å². The van der Waals surface area contributed by atoms with Crippen LogP contribution < -0.4 is 0 Å². The third kappa shape index (κ3) is 2.39. The average Bonchev–Trinajstić information content (AvgIpc) is 3.14. The van der Waals surface area contributed by atoms with Gasteiger partial charge in [0.2, 0.25) is 0 Å². The molecule has 0 bridgehead atoms. The number of rotatable bonds is 4. The number of carbonyl (C=O) groups excluding carboxylic acids is 1. The van der Waals surface area contributed by atoms with E-state index in [1.807, 2.05) is 35.7 Å². The number of methoxy groups -OCH3 is 1. The highest BCUT2D eigenvalue weighted by Crippen LogP contribution is 2.32. The van der Waals surface area contributed by atoms with E-state index >= 15 is 0 Å². The second-order valence-corrected chi connectivity index (χ2v) is 5.55. The van der Waals surface area contributed by atoms with Crippen LogP contribution in [0.4, 0.5) is 0 Å². The summed E-state index contributed by atoms with van der Waals surface area (Å²) in [5, 5.41) is 22.2. The van der Waals surface area contributed by atoms with Crippen molar-refractivity contribution in [2.45, 2.75) is 12.2 Å². The highest BCUT2D eigenvalue weighted by Gasteiger charge is 2.32. The van der Waals surface area contributed by atoms with E-state index in [-0.39, 0.29) is 0 Å². The molecule has 0 amide bonds. The van der Waals surface area contributed by atoms with Crippen molar-refractivity contribution >= 4 is 22.3 Å². The van der Waals surface area contributed by atoms with Crippen LogP contribution in [0, 0.1) is 0 Å². The Morgan fingerprint density at radius 1 is 1.32 bits per heavy atom. The Morgan fingerprint density at radius 3 is 2.73 bits per heavy atom. The lowest BCUT2D eigenvalue weighted by molar-refractivity contribution is -0.157. The maximum atomic E-state index is 11.5. The fourth-order valence-electron chi connectivity index (χ4n) is 2.29. The van der Waals surface area contributed by atoms with Gasteiger partial charge in [-0.2, -0.15) is 0 Å². The van der Waals surface area contributed by atoms with Crippen molar-refractivity contribution in [2.24, 2.45) is 0 Å². The highest BCUT2D eigenvalue weighted by molar-refractivity contribution is 7.15. The van der Waals surface area contributed by atoms with Gasteiger partial charge in [0.1, 0.15) is 6.10 Å². The molecule has 1 aromatic carbocycles. The summed E-state index contributed by atoms with van der Waals surface area (Å²) in [5.74, 6) is -0.892. The van der Waals surface area contributed by atoms with Crippen LogP contribution in [0.2, 0.25) is 0 Å². The molecular formula is C15H14N2O4S. The van der Waals surface area contributed by atoms with Crippen LogP contribution in [0.1, 0.15) is 11.8 Å². The number of thiazole rings is 1. The standard InChI is InChI=1S/C15H14N2O4S/c1-21-14(20)13(19)12(18)11-10(9-5-3-2-4-6-9)16-15-17(11)7-8-22-15/h2-8,12-13,18-19H,1H3. The molecule has 2 atom stereocenters. The molecule has 0 fully saturated rings. The fourth-order valence-corrected chi connectivity index (χ4v) is 3.01. The largest absolute Gasteiger partial charge is 0.467 e. The molecule has 3 rings (SSSR count). The maximum Gasteiger partial charge on any atom is 0.337 e. The molecule has 0 aliphatic rings. The van der Waals surface area contributed by atoms with E-state index in [1.54, 1.807) is 10.6 Å². The summed E-state index contributed by atoms with van der Waals surface area (Å²) in [6, 6.07) is 9.30. The first-order chi connectivity index (χ1) is 10.6. The third-order valence-corrected chi connectivity index (χ3v) is 4.12. The van der Waals surface area contributed by atoms with Crippen molar-refractivity contribution in [1.82, 2.24) is 9.38 Å². The Hall–Kier alpha value is -2.22. The zero-order valence-corrected chi connectivity index (χ0v) is 12.5. The van der Waals surface area contributed by atoms with Crippen LogP contribution in [0.5, 0.6) is 0 Å². The number of aliphatic hydroxyl groups is 2. The van der Waals surface area contributed by atoms with Crippen molar-refractivity contribution < 1.29 is 19.7 Å². The third-order valence-electron chi connectivity index (χ3n) is 3.37. The number of fused-ring (bicyclic) bond motifs is 1. The maximum absolute atomic E-state index is 11.5. The Morgan fingerprint density at radius 2 is 2.05 bits per heavy atom. The number of imidazole rings is 1. The van der Waals surface area contributed by atoms with Crippen molar-refractivity contribution in [1.29, 1.82) is 0 Å². The Bertz CT molecular complexity index is 796. The molecule has 114 valence electrons. The quantitative estimate of drug-likeness (QED) is 0.714. The van der Waals surface area contributed by atoms with Crippen LogP contribution in [0.15, 0.2) is 41.9 Å². The minimum absolute atomic E-state index is 0.361. The first-order valence-electron chi connectivity index (χ1n) is 6.58. The molecule has 2 unspecified atom stereocenters. The number of benzene rings is 1. The predicted molar refractivity (Wildman–Crippen MR) is 81.5 cm³/mol. The zero-order chi connectivity index (χ0) is 15.7. The number of ether oxygens (including phenoxy) is 1. The molecule has 0 saturated carbocycles. The van der Waals surface area contributed by atoms with Gasteiger partial charge in [-0.05, 0) is 0 Å². The number of nitrogens with zero attached hydrogens (tertiary/aromatic N) is 2. The molecule has 0 aliphatic heterocycles. The summed E-state index contributed by atoms with van der Waals surface area (Å²) in [5.41, 5.74) is 1.69. The summed E-state index contributed by atoms with van der Waals surface area (Å²) >= 11 is 1.40. The SMILES string of the molecule is COC(=O)C(O)C(O)c1c(-c2ccccc2)nc2sccn12. The first-order valence-corrected chi connectivity index (χ1v) is 7.46. The van der Waals surface area contributed by atoms with Crippen LogP contribution >= 0.6 is 11.3 Å². The minimum atomic E-state index is -1.67. The van der Waals surface area contributed by atoms with E-state index in [9.17, 15) is 15.0 Å². The van der Waals surface area contributed by atoms with Crippen LogP contribution in [-0.2, 0) is 9.53 Å². The number of esters is 1. The number of aromatic nitrogens is 2. The molecule has 0 spiro atoms. The average molecular weight is 318 g/mol. The Labute approximate surface area is 130 Å². The highest BCUT2D eigenvalue weighted by atomic mass is 32.1. The number of hydrogen-bond acceptors (Lipinski definition) is 6. The van der Waals surface area contributed by atoms with Gasteiger partial charge in [-0.3, -0.25) is 4.40 Å². The smallest absolute Gasteiger partial charge is 0.337 e. The second kappa shape index (κ2) is 5.88. The molecule has 0 aliphatic carbocycles. The van der Waals surface area contributed by atoms with E-state index in [4.69, 9.17) is 0 Å². The fraction of sp³-hybridized carbons (Fsp3) is 0.200. The molecule has 0 saturated heterocycles. The van der Waals surface area contributed by atoms with E-state index in [0.717, 1.165) is 12.7 Å². The monoisotopic (exact) mass is 318 g/mol. The molecule has 2 aromatic heterocycles. The van der Waals surface area contributed by atoms with Gasteiger partial charge in [0.05, 0.1) is 18.5 Å². The molecule has 0 radical (unpaired) electrons.